The highest BCUT2D eigenvalue weighted by Gasteiger charge is 2.11. The van der Waals surface area contributed by atoms with E-state index in [1.807, 2.05) is 12.3 Å². The number of hydrogen-bond donors (Lipinski definition) is 1. The second-order valence-corrected chi connectivity index (χ2v) is 5.02. The first-order valence-electron chi connectivity index (χ1n) is 7.23. The van der Waals surface area contributed by atoms with Crippen molar-refractivity contribution < 1.29 is 4.74 Å². The van der Waals surface area contributed by atoms with Crippen molar-refractivity contribution in [2.45, 2.75) is 6.54 Å². The molecular weight excluding hydrogens is 278 g/mol. The van der Waals surface area contributed by atoms with Crippen LogP contribution in [0.4, 0.5) is 11.6 Å². The van der Waals surface area contributed by atoms with Crippen molar-refractivity contribution in [1.82, 2.24) is 9.97 Å². The summed E-state index contributed by atoms with van der Waals surface area (Å²) in [6.07, 6.45) is 3.43. The van der Waals surface area contributed by atoms with Gasteiger partial charge in [0.2, 0.25) is 0 Å². The van der Waals surface area contributed by atoms with Gasteiger partial charge in [0.25, 0.3) is 0 Å². The fourth-order valence-corrected chi connectivity index (χ4v) is 2.26. The maximum absolute atomic E-state index is 8.74. The number of ether oxygens (including phenoxy) is 1. The van der Waals surface area contributed by atoms with E-state index < -0.39 is 0 Å². The average molecular weight is 295 g/mol. The van der Waals surface area contributed by atoms with Gasteiger partial charge in [0.1, 0.15) is 17.7 Å². The number of hydrogen-bond acceptors (Lipinski definition) is 6. The van der Waals surface area contributed by atoms with Gasteiger partial charge >= 0.3 is 0 Å². The van der Waals surface area contributed by atoms with E-state index in [1.54, 1.807) is 18.3 Å². The molecule has 112 valence electrons. The molecule has 22 heavy (non-hydrogen) atoms. The second kappa shape index (κ2) is 6.87. The maximum Gasteiger partial charge on any atom is 0.128 e. The minimum atomic E-state index is 0.557. The third-order valence-electron chi connectivity index (χ3n) is 3.51. The van der Waals surface area contributed by atoms with Crippen molar-refractivity contribution in [3.8, 4) is 6.07 Å². The van der Waals surface area contributed by atoms with Gasteiger partial charge in [-0.3, -0.25) is 0 Å². The van der Waals surface area contributed by atoms with Gasteiger partial charge in [-0.25, -0.2) is 9.97 Å². The molecule has 0 amide bonds. The fourth-order valence-electron chi connectivity index (χ4n) is 2.26. The van der Waals surface area contributed by atoms with Crippen LogP contribution in [0.2, 0.25) is 0 Å². The van der Waals surface area contributed by atoms with Gasteiger partial charge in [-0.15, -0.1) is 0 Å². The molecule has 0 unspecified atom stereocenters. The maximum atomic E-state index is 8.74. The minimum Gasteiger partial charge on any atom is -0.378 e. The Bertz CT molecular complexity index is 642. The standard InChI is InChI=1S/C16H17N5O/c17-9-13-1-3-15(18-10-13)19-11-14-2-4-16(20-12-14)21-5-7-22-8-6-21/h1-4,10,12H,5-8,11H2,(H,18,19). The van der Waals surface area contributed by atoms with E-state index in [0.29, 0.717) is 12.1 Å². The topological polar surface area (TPSA) is 74.1 Å². The van der Waals surface area contributed by atoms with E-state index in [1.165, 1.54) is 0 Å². The Labute approximate surface area is 129 Å². The highest BCUT2D eigenvalue weighted by molar-refractivity contribution is 5.42. The number of anilines is 2. The lowest BCUT2D eigenvalue weighted by atomic mass is 10.2. The largest absolute Gasteiger partial charge is 0.378 e. The van der Waals surface area contributed by atoms with Gasteiger partial charge in [0, 0.05) is 32.0 Å². The van der Waals surface area contributed by atoms with Crippen molar-refractivity contribution in [3.05, 3.63) is 47.8 Å². The Morgan fingerprint density at radius 1 is 1.14 bits per heavy atom. The quantitative estimate of drug-likeness (QED) is 0.927. The van der Waals surface area contributed by atoms with Crippen molar-refractivity contribution in [2.75, 3.05) is 36.5 Å². The molecule has 1 N–H and O–H groups in total. The van der Waals surface area contributed by atoms with Crippen LogP contribution in [0.1, 0.15) is 11.1 Å². The molecule has 0 bridgehead atoms. The monoisotopic (exact) mass is 295 g/mol. The number of pyridine rings is 2. The SMILES string of the molecule is N#Cc1ccc(NCc2ccc(N3CCOCC3)nc2)nc1. The molecule has 6 heteroatoms. The van der Waals surface area contributed by atoms with Gasteiger partial charge in [-0.05, 0) is 23.8 Å². The van der Waals surface area contributed by atoms with Gasteiger partial charge in [0.15, 0.2) is 0 Å². The van der Waals surface area contributed by atoms with Crippen LogP contribution in [-0.2, 0) is 11.3 Å². The third-order valence-corrected chi connectivity index (χ3v) is 3.51. The number of rotatable bonds is 4. The lowest BCUT2D eigenvalue weighted by Gasteiger charge is -2.27. The summed E-state index contributed by atoms with van der Waals surface area (Å²) in [5.41, 5.74) is 1.64. The van der Waals surface area contributed by atoms with Gasteiger partial charge in [-0.2, -0.15) is 5.26 Å². The van der Waals surface area contributed by atoms with Crippen molar-refractivity contribution >= 4 is 11.6 Å². The molecule has 1 fully saturated rings. The van der Waals surface area contributed by atoms with E-state index in [-0.39, 0.29) is 0 Å². The van der Waals surface area contributed by atoms with Gasteiger partial charge < -0.3 is 15.0 Å². The minimum absolute atomic E-state index is 0.557. The number of nitrogens with one attached hydrogen (secondary N) is 1. The second-order valence-electron chi connectivity index (χ2n) is 5.02. The Morgan fingerprint density at radius 3 is 2.64 bits per heavy atom. The summed E-state index contributed by atoms with van der Waals surface area (Å²) in [5, 5.41) is 12.0. The Kier molecular flexibility index (Phi) is 4.47. The molecular formula is C16H17N5O. The normalized spacial score (nSPS) is 14.4. The van der Waals surface area contributed by atoms with Crippen LogP contribution in [0.15, 0.2) is 36.7 Å². The van der Waals surface area contributed by atoms with Crippen molar-refractivity contribution in [1.29, 1.82) is 5.26 Å². The lowest BCUT2D eigenvalue weighted by molar-refractivity contribution is 0.122. The highest BCUT2D eigenvalue weighted by atomic mass is 16.5. The number of nitrogens with zero attached hydrogens (tertiary/aromatic N) is 4. The van der Waals surface area contributed by atoms with E-state index in [0.717, 1.165) is 43.5 Å². The third kappa shape index (κ3) is 3.51. The summed E-state index contributed by atoms with van der Waals surface area (Å²) in [6, 6.07) is 9.70. The number of aromatic nitrogens is 2. The molecule has 1 aliphatic heterocycles. The first-order valence-corrected chi connectivity index (χ1v) is 7.23. The summed E-state index contributed by atoms with van der Waals surface area (Å²) in [6.45, 7) is 3.94. The van der Waals surface area contributed by atoms with Crippen LogP contribution >= 0.6 is 0 Å². The molecule has 0 radical (unpaired) electrons. The first kappa shape index (κ1) is 14.3. The molecule has 6 nitrogen and oxygen atoms in total. The number of nitriles is 1. The molecule has 1 saturated heterocycles. The van der Waals surface area contributed by atoms with Gasteiger partial charge in [-0.1, -0.05) is 6.07 Å². The number of morpholine rings is 1. The fraction of sp³-hybridized carbons (Fsp3) is 0.312. The summed E-state index contributed by atoms with van der Waals surface area (Å²) in [7, 11) is 0. The molecule has 2 aromatic rings. The van der Waals surface area contributed by atoms with Crippen LogP contribution in [0.3, 0.4) is 0 Å². The highest BCUT2D eigenvalue weighted by Crippen LogP contribution is 2.14. The zero-order valence-electron chi connectivity index (χ0n) is 12.2. The van der Waals surface area contributed by atoms with Gasteiger partial charge in [0.05, 0.1) is 18.8 Å². The van der Waals surface area contributed by atoms with Crippen LogP contribution in [0.25, 0.3) is 0 Å². The zero-order chi connectivity index (χ0) is 15.2. The molecule has 0 aromatic carbocycles. The van der Waals surface area contributed by atoms with E-state index >= 15 is 0 Å². The lowest BCUT2D eigenvalue weighted by Crippen LogP contribution is -2.36. The van der Waals surface area contributed by atoms with Crippen molar-refractivity contribution in [3.63, 3.8) is 0 Å². The molecule has 0 atom stereocenters. The molecule has 0 saturated carbocycles. The van der Waals surface area contributed by atoms with Crippen LogP contribution < -0.4 is 10.2 Å². The Morgan fingerprint density at radius 2 is 2.00 bits per heavy atom. The zero-order valence-corrected chi connectivity index (χ0v) is 12.2. The predicted octanol–water partition coefficient (Wildman–Crippen LogP) is 1.80. The van der Waals surface area contributed by atoms with Crippen LogP contribution in [-0.4, -0.2) is 36.3 Å². The molecule has 1 aliphatic rings. The summed E-state index contributed by atoms with van der Waals surface area (Å²) >= 11 is 0. The molecule has 0 aliphatic carbocycles. The van der Waals surface area contributed by atoms with Crippen LogP contribution in [0.5, 0.6) is 0 Å². The Hall–Kier alpha value is -2.65. The average Bonchev–Trinajstić information content (AvgIpc) is 2.61. The summed E-state index contributed by atoms with van der Waals surface area (Å²) in [4.78, 5) is 10.9. The summed E-state index contributed by atoms with van der Waals surface area (Å²) in [5.74, 6) is 1.74. The molecule has 3 rings (SSSR count). The smallest absolute Gasteiger partial charge is 0.128 e. The van der Waals surface area contributed by atoms with Crippen molar-refractivity contribution in [2.24, 2.45) is 0 Å². The van der Waals surface area contributed by atoms with E-state index in [4.69, 9.17) is 10.00 Å². The predicted molar refractivity (Wildman–Crippen MR) is 83.5 cm³/mol. The van der Waals surface area contributed by atoms with E-state index in [9.17, 15) is 0 Å². The first-order chi connectivity index (χ1) is 10.8. The molecule has 3 heterocycles. The van der Waals surface area contributed by atoms with Crippen LogP contribution in [0, 0.1) is 11.3 Å². The molecule has 0 spiro atoms. The summed E-state index contributed by atoms with van der Waals surface area (Å²) < 4.78 is 5.34. The molecule has 2 aromatic heterocycles. The Balaban J connectivity index is 1.57. The van der Waals surface area contributed by atoms with E-state index in [2.05, 4.69) is 32.3 Å².